The smallest absolute Gasteiger partial charge is 0.151 e. The van der Waals surface area contributed by atoms with Gasteiger partial charge >= 0.3 is 0 Å². The summed E-state index contributed by atoms with van der Waals surface area (Å²) < 4.78 is 15.8. The fourth-order valence-electron chi connectivity index (χ4n) is 1.77. The van der Waals surface area contributed by atoms with Crippen LogP contribution in [0.4, 0.5) is 4.39 Å². The minimum Gasteiger partial charge on any atom is -0.313 e. The third kappa shape index (κ3) is 1.58. The van der Waals surface area contributed by atoms with Crippen molar-refractivity contribution < 1.29 is 4.39 Å². The van der Waals surface area contributed by atoms with Crippen molar-refractivity contribution in [2.24, 2.45) is 7.05 Å². The molecule has 2 rings (SSSR count). The van der Waals surface area contributed by atoms with Crippen molar-refractivity contribution in [1.29, 1.82) is 0 Å². The number of nitrogens with zero attached hydrogens (tertiary/aromatic N) is 2. The molecule has 1 aliphatic heterocycles. The summed E-state index contributed by atoms with van der Waals surface area (Å²) in [6, 6.07) is 0. The van der Waals surface area contributed by atoms with Gasteiger partial charge in [0.2, 0.25) is 0 Å². The van der Waals surface area contributed by atoms with Crippen molar-refractivity contribution in [3.8, 4) is 0 Å². The summed E-state index contributed by atoms with van der Waals surface area (Å²) in [6.45, 7) is 1.34. The van der Waals surface area contributed by atoms with Gasteiger partial charge in [-0.15, -0.1) is 0 Å². The van der Waals surface area contributed by atoms with Crippen LogP contribution >= 0.6 is 0 Å². The molecule has 1 aromatic heterocycles. The van der Waals surface area contributed by atoms with Gasteiger partial charge in [0.05, 0.1) is 6.20 Å². The Bertz CT molecular complexity index is 289. The largest absolute Gasteiger partial charge is 0.313 e. The highest BCUT2D eigenvalue weighted by molar-refractivity contribution is 5.17. The van der Waals surface area contributed by atoms with Gasteiger partial charge in [-0.25, -0.2) is 4.39 Å². The second-order valence-corrected chi connectivity index (χ2v) is 3.65. The number of rotatable bonds is 1. The van der Waals surface area contributed by atoms with E-state index in [1.807, 2.05) is 7.05 Å². The lowest BCUT2D eigenvalue weighted by Gasteiger charge is -2.28. The molecule has 0 bridgehead atoms. The highest BCUT2D eigenvalue weighted by Crippen LogP contribution is 2.31. The van der Waals surface area contributed by atoms with Gasteiger partial charge in [-0.1, -0.05) is 0 Å². The van der Waals surface area contributed by atoms with Crippen LogP contribution in [0.2, 0.25) is 0 Å². The standard InChI is InChI=1S/C9H14FN3/c1-13-6-8(5-12-13)9(10)3-2-4-11-7-9/h5-6,11H,2-4,7H2,1H3. The third-order valence-electron chi connectivity index (χ3n) is 2.55. The molecule has 3 nitrogen and oxygen atoms in total. The zero-order chi connectivity index (χ0) is 9.31. The van der Waals surface area contributed by atoms with Crippen LogP contribution in [0.3, 0.4) is 0 Å². The molecule has 72 valence electrons. The molecular weight excluding hydrogens is 169 g/mol. The summed E-state index contributed by atoms with van der Waals surface area (Å²) in [5, 5.41) is 7.06. The molecule has 0 amide bonds. The Balaban J connectivity index is 2.22. The molecule has 13 heavy (non-hydrogen) atoms. The van der Waals surface area contributed by atoms with Crippen LogP contribution in [0.5, 0.6) is 0 Å². The minimum absolute atomic E-state index is 0.415. The lowest BCUT2D eigenvalue weighted by molar-refractivity contribution is 0.122. The highest BCUT2D eigenvalue weighted by Gasteiger charge is 2.34. The Morgan fingerprint density at radius 2 is 2.54 bits per heavy atom. The number of aryl methyl sites for hydroxylation is 1. The first kappa shape index (κ1) is 8.69. The van der Waals surface area contributed by atoms with Crippen molar-refractivity contribution in [3.05, 3.63) is 18.0 Å². The molecule has 0 saturated carbocycles. The van der Waals surface area contributed by atoms with Crippen LogP contribution in [0.15, 0.2) is 12.4 Å². The van der Waals surface area contributed by atoms with Crippen LogP contribution < -0.4 is 5.32 Å². The van der Waals surface area contributed by atoms with Gasteiger partial charge in [-0.2, -0.15) is 5.10 Å². The summed E-state index contributed by atoms with van der Waals surface area (Å²) in [7, 11) is 1.81. The predicted molar refractivity (Wildman–Crippen MR) is 48.1 cm³/mol. The van der Waals surface area contributed by atoms with Gasteiger partial charge in [0.25, 0.3) is 0 Å². The third-order valence-corrected chi connectivity index (χ3v) is 2.55. The van der Waals surface area contributed by atoms with E-state index in [9.17, 15) is 4.39 Å². The van der Waals surface area contributed by atoms with Crippen molar-refractivity contribution in [1.82, 2.24) is 15.1 Å². The molecule has 2 heterocycles. The molecule has 0 radical (unpaired) electrons. The first-order chi connectivity index (χ1) is 6.21. The summed E-state index contributed by atoms with van der Waals surface area (Å²) in [5.74, 6) is 0. The van der Waals surface area contributed by atoms with Crippen LogP contribution in [0.1, 0.15) is 18.4 Å². The average molecular weight is 183 g/mol. The van der Waals surface area contributed by atoms with Crippen molar-refractivity contribution in [2.75, 3.05) is 13.1 Å². The van der Waals surface area contributed by atoms with E-state index in [1.54, 1.807) is 17.1 Å². The summed E-state index contributed by atoms with van der Waals surface area (Å²) in [6.07, 6.45) is 4.87. The number of aromatic nitrogens is 2. The van der Waals surface area contributed by atoms with Gasteiger partial charge in [0.15, 0.2) is 5.67 Å². The van der Waals surface area contributed by atoms with E-state index in [0.29, 0.717) is 18.5 Å². The van der Waals surface area contributed by atoms with Crippen LogP contribution in [0, 0.1) is 0 Å². The Morgan fingerprint density at radius 1 is 1.69 bits per heavy atom. The molecule has 1 aromatic rings. The molecule has 1 N–H and O–H groups in total. The number of halogens is 1. The minimum atomic E-state index is -1.20. The van der Waals surface area contributed by atoms with Crippen molar-refractivity contribution >= 4 is 0 Å². The topological polar surface area (TPSA) is 29.9 Å². The van der Waals surface area contributed by atoms with E-state index in [4.69, 9.17) is 0 Å². The number of nitrogens with one attached hydrogen (secondary N) is 1. The fraction of sp³-hybridized carbons (Fsp3) is 0.667. The number of piperidine rings is 1. The Morgan fingerprint density at radius 3 is 3.08 bits per heavy atom. The summed E-state index contributed by atoms with van der Waals surface area (Å²) >= 11 is 0. The quantitative estimate of drug-likeness (QED) is 0.703. The molecule has 1 fully saturated rings. The predicted octanol–water partition coefficient (Wildman–Crippen LogP) is 0.968. The van der Waals surface area contributed by atoms with Crippen molar-refractivity contribution in [3.63, 3.8) is 0 Å². The maximum Gasteiger partial charge on any atom is 0.151 e. The van der Waals surface area contributed by atoms with E-state index in [0.717, 1.165) is 13.0 Å². The lowest BCUT2D eigenvalue weighted by atomic mass is 9.91. The fourth-order valence-corrected chi connectivity index (χ4v) is 1.77. The van der Waals surface area contributed by atoms with E-state index in [-0.39, 0.29) is 0 Å². The average Bonchev–Trinajstić information content (AvgIpc) is 2.54. The first-order valence-corrected chi connectivity index (χ1v) is 4.59. The lowest BCUT2D eigenvalue weighted by Crippen LogP contribution is -2.39. The Kier molecular flexibility index (Phi) is 2.07. The molecule has 1 saturated heterocycles. The SMILES string of the molecule is Cn1cc(C2(F)CCCNC2)cn1. The second-order valence-electron chi connectivity index (χ2n) is 3.65. The monoisotopic (exact) mass is 183 g/mol. The summed E-state index contributed by atoms with van der Waals surface area (Å²) in [4.78, 5) is 0. The zero-order valence-corrected chi connectivity index (χ0v) is 7.76. The van der Waals surface area contributed by atoms with Gasteiger partial charge in [-0.3, -0.25) is 4.68 Å². The van der Waals surface area contributed by atoms with Crippen molar-refractivity contribution in [2.45, 2.75) is 18.5 Å². The van der Waals surface area contributed by atoms with E-state index in [1.165, 1.54) is 0 Å². The molecule has 0 aliphatic carbocycles. The van der Waals surface area contributed by atoms with Crippen LogP contribution in [-0.2, 0) is 12.7 Å². The number of hydrogen-bond donors (Lipinski definition) is 1. The zero-order valence-electron chi connectivity index (χ0n) is 7.76. The Hall–Kier alpha value is -0.900. The molecule has 1 atom stereocenters. The normalized spacial score (nSPS) is 29.1. The van der Waals surface area contributed by atoms with Gasteiger partial charge in [0.1, 0.15) is 0 Å². The maximum absolute atomic E-state index is 14.2. The van der Waals surface area contributed by atoms with Crippen LogP contribution in [0.25, 0.3) is 0 Å². The maximum atomic E-state index is 14.2. The number of alkyl halides is 1. The first-order valence-electron chi connectivity index (χ1n) is 4.59. The Labute approximate surface area is 76.9 Å². The second kappa shape index (κ2) is 3.10. The van der Waals surface area contributed by atoms with Gasteiger partial charge in [-0.05, 0) is 19.4 Å². The summed E-state index contributed by atoms with van der Waals surface area (Å²) in [5.41, 5.74) is -0.505. The van der Waals surface area contributed by atoms with E-state index < -0.39 is 5.67 Å². The molecule has 1 aliphatic rings. The molecule has 1 unspecified atom stereocenters. The molecule has 4 heteroatoms. The molecular formula is C9H14FN3. The highest BCUT2D eigenvalue weighted by atomic mass is 19.1. The molecule has 0 aromatic carbocycles. The van der Waals surface area contributed by atoms with E-state index in [2.05, 4.69) is 10.4 Å². The van der Waals surface area contributed by atoms with Gasteiger partial charge in [0, 0.05) is 25.4 Å². The molecule has 0 spiro atoms. The number of hydrogen-bond acceptors (Lipinski definition) is 2. The van der Waals surface area contributed by atoms with Gasteiger partial charge < -0.3 is 5.32 Å². The van der Waals surface area contributed by atoms with E-state index >= 15 is 0 Å². The van der Waals surface area contributed by atoms with Crippen LogP contribution in [-0.4, -0.2) is 22.9 Å².